The van der Waals surface area contributed by atoms with E-state index in [1.165, 1.54) is 30.0 Å². The number of aryl methyl sites for hydroxylation is 1. The van der Waals surface area contributed by atoms with Crippen molar-refractivity contribution >= 4 is 5.91 Å². The van der Waals surface area contributed by atoms with Gasteiger partial charge in [-0.3, -0.25) is 9.59 Å². The maximum absolute atomic E-state index is 12.2. The Morgan fingerprint density at radius 1 is 1.23 bits per heavy atom. The lowest BCUT2D eigenvalue weighted by Crippen LogP contribution is -2.37. The van der Waals surface area contributed by atoms with Gasteiger partial charge in [0.1, 0.15) is 5.75 Å². The summed E-state index contributed by atoms with van der Waals surface area (Å²) in [5, 5.41) is 7.48. The van der Waals surface area contributed by atoms with Crippen LogP contribution in [0.1, 0.15) is 38.5 Å². The number of carbonyl (C=O) groups excluding carboxylic acids is 1. The SMILES string of the molecule is COc1cccc(-c2ccc(=O)n(CCC(=O)NC3CCCCC3)n2)c1. The van der Waals surface area contributed by atoms with Gasteiger partial charge in [-0.1, -0.05) is 31.4 Å². The lowest BCUT2D eigenvalue weighted by Gasteiger charge is -2.22. The number of amides is 1. The second-order valence-corrected chi connectivity index (χ2v) is 6.66. The first-order valence-electron chi connectivity index (χ1n) is 9.17. The molecule has 0 aliphatic heterocycles. The van der Waals surface area contributed by atoms with Crippen molar-refractivity contribution in [1.29, 1.82) is 0 Å². The lowest BCUT2D eigenvalue weighted by molar-refractivity contribution is -0.122. The highest BCUT2D eigenvalue weighted by atomic mass is 16.5. The number of rotatable bonds is 6. The molecule has 1 aromatic heterocycles. The van der Waals surface area contributed by atoms with Gasteiger partial charge in [0.05, 0.1) is 19.3 Å². The zero-order chi connectivity index (χ0) is 18.4. The molecule has 0 unspecified atom stereocenters. The summed E-state index contributed by atoms with van der Waals surface area (Å²) in [5.74, 6) is 0.714. The molecule has 26 heavy (non-hydrogen) atoms. The molecule has 0 radical (unpaired) electrons. The van der Waals surface area contributed by atoms with E-state index in [0.717, 1.165) is 24.2 Å². The summed E-state index contributed by atoms with van der Waals surface area (Å²) >= 11 is 0. The molecular formula is C20H25N3O3. The number of carbonyl (C=O) groups is 1. The molecule has 1 amide bonds. The Labute approximate surface area is 153 Å². The van der Waals surface area contributed by atoms with Crippen LogP contribution in [0.5, 0.6) is 5.75 Å². The van der Waals surface area contributed by atoms with Crippen LogP contribution in [0.25, 0.3) is 11.3 Å². The van der Waals surface area contributed by atoms with Gasteiger partial charge in [0.2, 0.25) is 5.91 Å². The van der Waals surface area contributed by atoms with E-state index in [1.807, 2.05) is 24.3 Å². The highest BCUT2D eigenvalue weighted by Gasteiger charge is 2.15. The van der Waals surface area contributed by atoms with Crippen molar-refractivity contribution in [3.05, 3.63) is 46.8 Å². The molecular weight excluding hydrogens is 330 g/mol. The normalized spacial score (nSPS) is 14.8. The minimum absolute atomic E-state index is 0.0163. The molecule has 1 heterocycles. The molecule has 138 valence electrons. The van der Waals surface area contributed by atoms with Gasteiger partial charge < -0.3 is 10.1 Å². The van der Waals surface area contributed by atoms with E-state index in [4.69, 9.17) is 4.74 Å². The van der Waals surface area contributed by atoms with Crippen LogP contribution in [0.4, 0.5) is 0 Å². The zero-order valence-corrected chi connectivity index (χ0v) is 15.1. The number of hydrogen-bond donors (Lipinski definition) is 1. The second kappa shape index (κ2) is 8.65. The van der Waals surface area contributed by atoms with Crippen LogP contribution in [-0.2, 0) is 11.3 Å². The molecule has 2 aromatic rings. The van der Waals surface area contributed by atoms with Crippen LogP contribution < -0.4 is 15.6 Å². The predicted molar refractivity (Wildman–Crippen MR) is 100 cm³/mol. The third kappa shape index (κ3) is 4.71. The molecule has 0 spiro atoms. The highest BCUT2D eigenvalue weighted by Crippen LogP contribution is 2.21. The highest BCUT2D eigenvalue weighted by molar-refractivity contribution is 5.76. The quantitative estimate of drug-likeness (QED) is 0.865. The number of aromatic nitrogens is 2. The predicted octanol–water partition coefficient (Wildman–Crippen LogP) is 2.76. The van der Waals surface area contributed by atoms with Crippen molar-refractivity contribution < 1.29 is 9.53 Å². The van der Waals surface area contributed by atoms with E-state index >= 15 is 0 Å². The van der Waals surface area contributed by atoms with Gasteiger partial charge in [-0.2, -0.15) is 5.10 Å². The van der Waals surface area contributed by atoms with E-state index in [0.29, 0.717) is 5.69 Å². The van der Waals surface area contributed by atoms with E-state index in [1.54, 1.807) is 13.2 Å². The van der Waals surface area contributed by atoms with Crippen LogP contribution in [0.3, 0.4) is 0 Å². The molecule has 1 aromatic carbocycles. The summed E-state index contributed by atoms with van der Waals surface area (Å²) in [7, 11) is 1.61. The molecule has 1 aliphatic rings. The molecule has 1 saturated carbocycles. The van der Waals surface area contributed by atoms with E-state index < -0.39 is 0 Å². The summed E-state index contributed by atoms with van der Waals surface area (Å²) in [4.78, 5) is 24.2. The Bertz CT molecular complexity index is 810. The van der Waals surface area contributed by atoms with Gasteiger partial charge >= 0.3 is 0 Å². The first-order chi connectivity index (χ1) is 12.7. The van der Waals surface area contributed by atoms with Gasteiger partial charge in [-0.15, -0.1) is 0 Å². The van der Waals surface area contributed by atoms with E-state index in [9.17, 15) is 9.59 Å². The fourth-order valence-corrected chi connectivity index (χ4v) is 3.30. The van der Waals surface area contributed by atoms with E-state index in [2.05, 4.69) is 10.4 Å². The van der Waals surface area contributed by atoms with E-state index in [-0.39, 0.29) is 30.5 Å². The van der Waals surface area contributed by atoms with Gasteiger partial charge in [0.25, 0.3) is 5.56 Å². The summed E-state index contributed by atoms with van der Waals surface area (Å²) in [5.41, 5.74) is 1.34. The van der Waals surface area contributed by atoms with Crippen LogP contribution in [-0.4, -0.2) is 28.8 Å². The molecule has 1 N–H and O–H groups in total. The number of hydrogen-bond acceptors (Lipinski definition) is 4. The zero-order valence-electron chi connectivity index (χ0n) is 15.1. The van der Waals surface area contributed by atoms with Crippen molar-refractivity contribution in [2.24, 2.45) is 0 Å². The second-order valence-electron chi connectivity index (χ2n) is 6.66. The molecule has 6 nitrogen and oxygen atoms in total. The Morgan fingerprint density at radius 2 is 2.04 bits per heavy atom. The minimum atomic E-state index is -0.206. The van der Waals surface area contributed by atoms with Crippen molar-refractivity contribution in [1.82, 2.24) is 15.1 Å². The third-order valence-corrected chi connectivity index (χ3v) is 4.75. The molecule has 3 rings (SSSR count). The summed E-state index contributed by atoms with van der Waals surface area (Å²) in [6, 6.07) is 11.0. The summed E-state index contributed by atoms with van der Waals surface area (Å²) < 4.78 is 6.59. The standard InChI is InChI=1S/C20H25N3O3/c1-26-17-9-5-6-15(14-17)18-10-11-20(25)23(22-18)13-12-19(24)21-16-7-3-2-4-8-16/h5-6,9-11,14,16H,2-4,7-8,12-13H2,1H3,(H,21,24). The first-order valence-corrected chi connectivity index (χ1v) is 9.17. The molecule has 1 aliphatic carbocycles. The number of nitrogens with one attached hydrogen (secondary N) is 1. The molecule has 0 saturated heterocycles. The first kappa shape index (κ1) is 18.2. The minimum Gasteiger partial charge on any atom is -0.497 e. The van der Waals surface area contributed by atoms with Crippen LogP contribution >= 0.6 is 0 Å². The number of methoxy groups -OCH3 is 1. The van der Waals surface area contributed by atoms with Crippen molar-refractivity contribution in [2.75, 3.05) is 7.11 Å². The molecule has 1 fully saturated rings. The number of nitrogens with zero attached hydrogens (tertiary/aromatic N) is 2. The Balaban J connectivity index is 1.65. The average molecular weight is 355 g/mol. The Kier molecular flexibility index (Phi) is 6.04. The number of ether oxygens (including phenoxy) is 1. The monoisotopic (exact) mass is 355 g/mol. The van der Waals surface area contributed by atoms with Crippen LogP contribution in [0, 0.1) is 0 Å². The van der Waals surface area contributed by atoms with Crippen LogP contribution in [0.15, 0.2) is 41.2 Å². The largest absolute Gasteiger partial charge is 0.497 e. The summed E-state index contributed by atoms with van der Waals surface area (Å²) in [6.07, 6.45) is 5.96. The number of benzene rings is 1. The fraction of sp³-hybridized carbons (Fsp3) is 0.450. The van der Waals surface area contributed by atoms with Crippen molar-refractivity contribution in [3.63, 3.8) is 0 Å². The van der Waals surface area contributed by atoms with Gasteiger partial charge in [0.15, 0.2) is 0 Å². The van der Waals surface area contributed by atoms with Gasteiger partial charge in [-0.25, -0.2) is 4.68 Å². The fourth-order valence-electron chi connectivity index (χ4n) is 3.30. The van der Waals surface area contributed by atoms with Crippen molar-refractivity contribution in [2.45, 2.75) is 51.1 Å². The van der Waals surface area contributed by atoms with Gasteiger partial charge in [0, 0.05) is 24.1 Å². The van der Waals surface area contributed by atoms with Gasteiger partial charge in [-0.05, 0) is 31.0 Å². The summed E-state index contributed by atoms with van der Waals surface area (Å²) in [6.45, 7) is 0.273. The maximum Gasteiger partial charge on any atom is 0.266 e. The average Bonchev–Trinajstić information content (AvgIpc) is 2.68. The Morgan fingerprint density at radius 3 is 2.81 bits per heavy atom. The molecule has 0 atom stereocenters. The molecule has 0 bridgehead atoms. The Hall–Kier alpha value is -2.63. The maximum atomic E-state index is 12.2. The third-order valence-electron chi connectivity index (χ3n) is 4.75. The van der Waals surface area contributed by atoms with Crippen molar-refractivity contribution in [3.8, 4) is 17.0 Å². The topological polar surface area (TPSA) is 73.2 Å². The smallest absolute Gasteiger partial charge is 0.266 e. The lowest BCUT2D eigenvalue weighted by atomic mass is 9.95. The molecule has 6 heteroatoms. The van der Waals surface area contributed by atoms with Crippen LogP contribution in [0.2, 0.25) is 0 Å².